The Morgan fingerprint density at radius 1 is 1.21 bits per heavy atom. The molecule has 0 spiro atoms. The third-order valence-electron chi connectivity index (χ3n) is 3.27. The van der Waals surface area contributed by atoms with Gasteiger partial charge in [-0.2, -0.15) is 0 Å². The third-order valence-corrected chi connectivity index (χ3v) is 4.39. The molecule has 0 atom stereocenters. The van der Waals surface area contributed by atoms with Gasteiger partial charge in [-0.25, -0.2) is 4.98 Å². The molecule has 0 saturated heterocycles. The molecule has 1 rings (SSSR count). The molecule has 110 valence electrons. The van der Waals surface area contributed by atoms with E-state index in [-0.39, 0.29) is 6.61 Å². The lowest BCUT2D eigenvalue weighted by Crippen LogP contribution is -2.31. The predicted molar refractivity (Wildman–Crippen MR) is 84.0 cm³/mol. The predicted octanol–water partition coefficient (Wildman–Crippen LogP) is 3.99. The highest BCUT2D eigenvalue weighted by atomic mass is 32.1. The molecule has 0 aliphatic rings. The third kappa shape index (κ3) is 4.77. The van der Waals surface area contributed by atoms with E-state index in [2.05, 4.69) is 32.6 Å². The van der Waals surface area contributed by atoms with Crippen molar-refractivity contribution in [3.63, 3.8) is 0 Å². The van der Waals surface area contributed by atoms with Crippen molar-refractivity contribution in [1.29, 1.82) is 0 Å². The normalized spacial score (nSPS) is 11.3. The fourth-order valence-electron chi connectivity index (χ4n) is 2.16. The van der Waals surface area contributed by atoms with Crippen molar-refractivity contribution in [2.24, 2.45) is 0 Å². The van der Waals surface area contributed by atoms with Gasteiger partial charge in [-0.1, -0.05) is 44.4 Å². The van der Waals surface area contributed by atoms with Crippen molar-refractivity contribution in [3.05, 3.63) is 10.6 Å². The number of unbranched alkanes of at least 4 members (excludes halogenated alkanes) is 2. The van der Waals surface area contributed by atoms with E-state index in [1.165, 1.54) is 19.3 Å². The van der Waals surface area contributed by atoms with Crippen LogP contribution in [0.4, 0.5) is 5.13 Å². The maximum Gasteiger partial charge on any atom is 0.186 e. The lowest BCUT2D eigenvalue weighted by Gasteiger charge is -2.26. The quantitative estimate of drug-likeness (QED) is 0.696. The molecule has 0 saturated carbocycles. The van der Waals surface area contributed by atoms with Crippen molar-refractivity contribution in [2.75, 3.05) is 11.4 Å². The minimum atomic E-state index is 0.119. The Kier molecular flexibility index (Phi) is 7.39. The van der Waals surface area contributed by atoms with Gasteiger partial charge < -0.3 is 10.0 Å². The number of aliphatic hydroxyl groups is 1. The van der Waals surface area contributed by atoms with Gasteiger partial charge in [-0.15, -0.1) is 0 Å². The highest BCUT2D eigenvalue weighted by Crippen LogP contribution is 2.29. The molecular formula is C15H28N2OS. The lowest BCUT2D eigenvalue weighted by atomic mass is 10.2. The van der Waals surface area contributed by atoms with Crippen LogP contribution in [0.5, 0.6) is 0 Å². The molecule has 0 radical (unpaired) electrons. The van der Waals surface area contributed by atoms with E-state index in [9.17, 15) is 5.11 Å². The van der Waals surface area contributed by atoms with Crippen LogP contribution in [0, 0.1) is 0 Å². The standard InChI is InChI=1S/C15H28N2OS/c1-5-7-8-10-17(12(3)4)15-16-13(9-6-2)14(11-18)19-15/h12,18H,5-11H2,1-4H3. The Morgan fingerprint density at radius 2 is 1.95 bits per heavy atom. The fraction of sp³-hybridized carbons (Fsp3) is 0.800. The molecule has 0 aliphatic carbocycles. The zero-order valence-electron chi connectivity index (χ0n) is 12.8. The number of aliphatic hydroxyl groups excluding tert-OH is 1. The first-order valence-electron chi connectivity index (χ1n) is 7.50. The number of aromatic nitrogens is 1. The summed E-state index contributed by atoms with van der Waals surface area (Å²) in [6, 6.07) is 0.462. The lowest BCUT2D eigenvalue weighted by molar-refractivity contribution is 0.284. The number of anilines is 1. The molecule has 1 aromatic rings. The van der Waals surface area contributed by atoms with Gasteiger partial charge in [0.15, 0.2) is 5.13 Å². The van der Waals surface area contributed by atoms with Gasteiger partial charge in [0.2, 0.25) is 0 Å². The van der Waals surface area contributed by atoms with Crippen LogP contribution in [-0.2, 0) is 13.0 Å². The minimum Gasteiger partial charge on any atom is -0.391 e. The molecule has 0 amide bonds. The Balaban J connectivity index is 2.83. The molecule has 1 aromatic heterocycles. The van der Waals surface area contributed by atoms with Crippen molar-refractivity contribution in [1.82, 2.24) is 4.98 Å². The Bertz CT molecular complexity index is 363. The first kappa shape index (κ1) is 16.4. The van der Waals surface area contributed by atoms with Crippen LogP contribution in [0.1, 0.15) is 63.9 Å². The molecule has 1 heterocycles. The van der Waals surface area contributed by atoms with Gasteiger partial charge in [-0.3, -0.25) is 0 Å². The number of hydrogen-bond acceptors (Lipinski definition) is 4. The van der Waals surface area contributed by atoms with Gasteiger partial charge in [0.05, 0.1) is 17.2 Å². The van der Waals surface area contributed by atoms with Crippen LogP contribution in [0.2, 0.25) is 0 Å². The first-order chi connectivity index (χ1) is 9.13. The first-order valence-corrected chi connectivity index (χ1v) is 8.31. The smallest absolute Gasteiger partial charge is 0.186 e. The molecule has 4 heteroatoms. The zero-order chi connectivity index (χ0) is 14.3. The van der Waals surface area contributed by atoms with Crippen molar-refractivity contribution in [2.45, 2.75) is 72.4 Å². The second kappa shape index (κ2) is 8.54. The summed E-state index contributed by atoms with van der Waals surface area (Å²) in [5.41, 5.74) is 1.09. The summed E-state index contributed by atoms with van der Waals surface area (Å²) in [5, 5.41) is 10.5. The zero-order valence-corrected chi connectivity index (χ0v) is 13.6. The summed E-state index contributed by atoms with van der Waals surface area (Å²) in [5.74, 6) is 0. The summed E-state index contributed by atoms with van der Waals surface area (Å²) in [7, 11) is 0. The van der Waals surface area contributed by atoms with Crippen LogP contribution < -0.4 is 4.90 Å². The highest BCUT2D eigenvalue weighted by molar-refractivity contribution is 7.15. The second-order valence-corrected chi connectivity index (χ2v) is 6.33. The summed E-state index contributed by atoms with van der Waals surface area (Å²) in [6.07, 6.45) is 5.77. The Morgan fingerprint density at radius 3 is 2.47 bits per heavy atom. The average molecular weight is 284 g/mol. The van der Waals surface area contributed by atoms with Gasteiger partial charge >= 0.3 is 0 Å². The van der Waals surface area contributed by atoms with E-state index in [4.69, 9.17) is 4.98 Å². The van der Waals surface area contributed by atoms with Gasteiger partial charge in [0, 0.05) is 12.6 Å². The SMILES string of the molecule is CCCCCN(c1nc(CCC)c(CO)s1)C(C)C. The molecule has 0 unspecified atom stereocenters. The molecule has 0 aliphatic heterocycles. The number of hydrogen-bond donors (Lipinski definition) is 1. The van der Waals surface area contributed by atoms with E-state index < -0.39 is 0 Å². The molecule has 0 bridgehead atoms. The molecular weight excluding hydrogens is 256 g/mol. The average Bonchev–Trinajstić information content (AvgIpc) is 2.77. The largest absolute Gasteiger partial charge is 0.391 e. The number of thiazole rings is 1. The second-order valence-electron chi connectivity index (χ2n) is 5.27. The van der Waals surface area contributed by atoms with Crippen molar-refractivity contribution in [3.8, 4) is 0 Å². The maximum absolute atomic E-state index is 9.44. The topological polar surface area (TPSA) is 36.4 Å². The molecule has 0 fully saturated rings. The summed E-state index contributed by atoms with van der Waals surface area (Å²) in [4.78, 5) is 8.17. The fourth-order valence-corrected chi connectivity index (χ4v) is 3.28. The Hall–Kier alpha value is -0.610. The molecule has 0 aromatic carbocycles. The summed E-state index contributed by atoms with van der Waals surface area (Å²) >= 11 is 1.66. The van der Waals surface area contributed by atoms with E-state index in [1.54, 1.807) is 11.3 Å². The molecule has 1 N–H and O–H groups in total. The van der Waals surface area contributed by atoms with Crippen LogP contribution in [-0.4, -0.2) is 22.7 Å². The van der Waals surface area contributed by atoms with Crippen LogP contribution in [0.15, 0.2) is 0 Å². The number of aryl methyl sites for hydroxylation is 1. The number of rotatable bonds is 9. The Labute approximate surface area is 121 Å². The summed E-state index contributed by atoms with van der Waals surface area (Å²) < 4.78 is 0. The van der Waals surface area contributed by atoms with Gasteiger partial charge in [0.25, 0.3) is 0 Å². The molecule has 19 heavy (non-hydrogen) atoms. The van der Waals surface area contributed by atoms with Crippen molar-refractivity contribution < 1.29 is 5.11 Å². The van der Waals surface area contributed by atoms with Crippen LogP contribution >= 0.6 is 11.3 Å². The van der Waals surface area contributed by atoms with Crippen LogP contribution in [0.25, 0.3) is 0 Å². The van der Waals surface area contributed by atoms with E-state index in [0.29, 0.717) is 6.04 Å². The van der Waals surface area contributed by atoms with Crippen LogP contribution in [0.3, 0.4) is 0 Å². The summed E-state index contributed by atoms with van der Waals surface area (Å²) in [6.45, 7) is 9.99. The van der Waals surface area contributed by atoms with Gasteiger partial charge in [0.1, 0.15) is 0 Å². The minimum absolute atomic E-state index is 0.119. The highest BCUT2D eigenvalue weighted by Gasteiger charge is 2.17. The van der Waals surface area contributed by atoms with E-state index in [1.807, 2.05) is 0 Å². The van der Waals surface area contributed by atoms with Crippen molar-refractivity contribution >= 4 is 16.5 Å². The monoisotopic (exact) mass is 284 g/mol. The molecule has 3 nitrogen and oxygen atoms in total. The van der Waals surface area contributed by atoms with E-state index in [0.717, 1.165) is 35.1 Å². The number of nitrogens with zero attached hydrogens (tertiary/aromatic N) is 2. The maximum atomic E-state index is 9.44. The van der Waals surface area contributed by atoms with E-state index >= 15 is 0 Å². The van der Waals surface area contributed by atoms with Gasteiger partial charge in [-0.05, 0) is 26.7 Å².